The van der Waals surface area contributed by atoms with Gasteiger partial charge in [0.25, 0.3) is 5.91 Å². The van der Waals surface area contributed by atoms with Crippen LogP contribution < -0.4 is 10.1 Å². The van der Waals surface area contributed by atoms with Crippen LogP contribution in [0.15, 0.2) is 83.8 Å². The number of ketones is 1. The van der Waals surface area contributed by atoms with E-state index >= 15 is 0 Å². The molecule has 1 N–H and O–H groups in total. The van der Waals surface area contributed by atoms with Crippen molar-refractivity contribution in [3.63, 3.8) is 0 Å². The molecule has 0 aliphatic carbocycles. The van der Waals surface area contributed by atoms with Gasteiger partial charge in [-0.2, -0.15) is 0 Å². The summed E-state index contributed by atoms with van der Waals surface area (Å²) in [7, 11) is 0. The van der Waals surface area contributed by atoms with E-state index in [-0.39, 0.29) is 11.7 Å². The van der Waals surface area contributed by atoms with Crippen LogP contribution in [0, 0.1) is 0 Å². The van der Waals surface area contributed by atoms with Crippen molar-refractivity contribution in [2.24, 2.45) is 0 Å². The molecule has 0 fully saturated rings. The average Bonchev–Trinajstić information content (AvgIpc) is 2.70. The summed E-state index contributed by atoms with van der Waals surface area (Å²) in [6.07, 6.45) is 5.69. The van der Waals surface area contributed by atoms with E-state index in [1.165, 1.54) is 12.3 Å². The van der Waals surface area contributed by atoms with Crippen LogP contribution in [0.2, 0.25) is 5.02 Å². The fraction of sp³-hybridized carbons (Fsp3) is 0. The second-order valence-corrected chi connectivity index (χ2v) is 6.92. The third-order valence-corrected chi connectivity index (χ3v) is 4.57. The highest BCUT2D eigenvalue weighted by atomic mass is 79.9. The van der Waals surface area contributed by atoms with E-state index in [2.05, 4.69) is 26.2 Å². The Morgan fingerprint density at radius 2 is 1.89 bits per heavy atom. The summed E-state index contributed by atoms with van der Waals surface area (Å²) in [6, 6.07) is 15.1. The van der Waals surface area contributed by atoms with Crippen LogP contribution in [-0.2, 0) is 4.79 Å². The Morgan fingerprint density at radius 1 is 1.11 bits per heavy atom. The molecule has 0 spiro atoms. The fourth-order valence-electron chi connectivity index (χ4n) is 2.31. The summed E-state index contributed by atoms with van der Waals surface area (Å²) in [4.78, 5) is 28.3. The van der Waals surface area contributed by atoms with Crippen LogP contribution >= 0.6 is 27.5 Å². The number of amides is 1. The van der Waals surface area contributed by atoms with Crippen molar-refractivity contribution in [1.82, 2.24) is 4.98 Å². The van der Waals surface area contributed by atoms with Crippen molar-refractivity contribution in [2.45, 2.75) is 0 Å². The largest absolute Gasteiger partial charge is 0.465 e. The predicted molar refractivity (Wildman–Crippen MR) is 112 cm³/mol. The number of carbonyl (C=O) groups is 2. The minimum absolute atomic E-state index is 0.160. The van der Waals surface area contributed by atoms with E-state index in [0.29, 0.717) is 32.1 Å². The standard InChI is InChI=1S/C21H14BrClN2O3/c22-19-8-5-15(23)12-18(19)21(27)14-3-6-17(7-4-14)28-11-9-20(26)25-16-2-1-10-24-13-16/h1-13H,(H,25,26). The third-order valence-electron chi connectivity index (χ3n) is 3.64. The van der Waals surface area contributed by atoms with Crippen LogP contribution in [0.25, 0.3) is 0 Å². The lowest BCUT2D eigenvalue weighted by atomic mass is 10.0. The second kappa shape index (κ2) is 9.30. The van der Waals surface area contributed by atoms with E-state index in [1.807, 2.05) is 0 Å². The highest BCUT2D eigenvalue weighted by Crippen LogP contribution is 2.24. The van der Waals surface area contributed by atoms with E-state index in [9.17, 15) is 9.59 Å². The summed E-state index contributed by atoms with van der Waals surface area (Å²) in [5.41, 5.74) is 1.56. The lowest BCUT2D eigenvalue weighted by molar-refractivity contribution is -0.112. The van der Waals surface area contributed by atoms with Gasteiger partial charge in [-0.15, -0.1) is 0 Å². The van der Waals surface area contributed by atoms with Crippen molar-refractivity contribution < 1.29 is 14.3 Å². The fourth-order valence-corrected chi connectivity index (χ4v) is 2.91. The first-order chi connectivity index (χ1) is 13.5. The van der Waals surface area contributed by atoms with Gasteiger partial charge in [0, 0.05) is 32.9 Å². The predicted octanol–water partition coefficient (Wildman–Crippen LogP) is 5.26. The molecule has 1 aromatic heterocycles. The van der Waals surface area contributed by atoms with Gasteiger partial charge in [0.2, 0.25) is 0 Å². The maximum Gasteiger partial charge on any atom is 0.251 e. The van der Waals surface area contributed by atoms with Gasteiger partial charge in [-0.1, -0.05) is 27.5 Å². The summed E-state index contributed by atoms with van der Waals surface area (Å²) >= 11 is 9.33. The Morgan fingerprint density at radius 3 is 2.61 bits per heavy atom. The Hall–Kier alpha value is -2.96. The number of pyridine rings is 1. The molecule has 0 atom stereocenters. The molecule has 2 aromatic carbocycles. The molecule has 3 rings (SSSR count). The van der Waals surface area contributed by atoms with Crippen LogP contribution in [0.1, 0.15) is 15.9 Å². The SMILES string of the molecule is O=C(C=COc1ccc(C(=O)c2cc(Cl)ccc2Br)cc1)Nc1cccnc1. The van der Waals surface area contributed by atoms with Crippen LogP contribution in [0.3, 0.4) is 0 Å². The summed E-state index contributed by atoms with van der Waals surface area (Å²) in [5.74, 6) is -0.00921. The Kier molecular flexibility index (Phi) is 6.57. The van der Waals surface area contributed by atoms with E-state index in [0.717, 1.165) is 0 Å². The minimum Gasteiger partial charge on any atom is -0.465 e. The number of anilines is 1. The molecule has 0 saturated carbocycles. The molecular formula is C21H14BrClN2O3. The topological polar surface area (TPSA) is 68.3 Å². The number of nitrogens with zero attached hydrogens (tertiary/aromatic N) is 1. The van der Waals surface area contributed by atoms with Gasteiger partial charge in [0.15, 0.2) is 5.78 Å². The van der Waals surface area contributed by atoms with Crippen LogP contribution in [-0.4, -0.2) is 16.7 Å². The Labute approximate surface area is 175 Å². The van der Waals surface area contributed by atoms with Gasteiger partial charge in [-0.25, -0.2) is 0 Å². The summed E-state index contributed by atoms with van der Waals surface area (Å²) in [5, 5.41) is 3.14. The molecule has 5 nitrogen and oxygen atoms in total. The number of halogens is 2. The lowest BCUT2D eigenvalue weighted by Gasteiger charge is -2.06. The molecule has 0 unspecified atom stereocenters. The number of aromatic nitrogens is 1. The van der Waals surface area contributed by atoms with Crippen LogP contribution in [0.4, 0.5) is 5.69 Å². The molecule has 3 aromatic rings. The smallest absolute Gasteiger partial charge is 0.251 e. The molecule has 28 heavy (non-hydrogen) atoms. The Balaban J connectivity index is 1.60. The number of ether oxygens (including phenoxy) is 1. The van der Waals surface area contributed by atoms with Gasteiger partial charge >= 0.3 is 0 Å². The second-order valence-electron chi connectivity index (χ2n) is 5.63. The molecule has 1 heterocycles. The van der Waals surface area contributed by atoms with Gasteiger partial charge < -0.3 is 10.1 Å². The summed E-state index contributed by atoms with van der Waals surface area (Å²) in [6.45, 7) is 0. The van der Waals surface area contributed by atoms with Gasteiger partial charge in [0.05, 0.1) is 18.1 Å². The van der Waals surface area contributed by atoms with Crippen molar-refractivity contribution in [3.8, 4) is 5.75 Å². The van der Waals surface area contributed by atoms with E-state index < -0.39 is 0 Å². The minimum atomic E-state index is -0.342. The molecule has 7 heteroatoms. The highest BCUT2D eigenvalue weighted by Gasteiger charge is 2.13. The van der Waals surface area contributed by atoms with Crippen molar-refractivity contribution >= 4 is 44.9 Å². The zero-order valence-corrected chi connectivity index (χ0v) is 16.8. The molecule has 1 amide bonds. The molecule has 0 aliphatic rings. The van der Waals surface area contributed by atoms with Gasteiger partial charge in [-0.05, 0) is 54.6 Å². The third kappa shape index (κ3) is 5.28. The zero-order chi connectivity index (χ0) is 19.9. The maximum atomic E-state index is 12.6. The first kappa shape index (κ1) is 19.8. The number of nitrogens with one attached hydrogen (secondary N) is 1. The summed E-state index contributed by atoms with van der Waals surface area (Å²) < 4.78 is 6.07. The number of hydrogen-bond acceptors (Lipinski definition) is 4. The molecule has 0 radical (unpaired) electrons. The number of benzene rings is 2. The normalized spacial score (nSPS) is 10.6. The van der Waals surface area contributed by atoms with Crippen molar-refractivity contribution in [2.75, 3.05) is 5.32 Å². The van der Waals surface area contributed by atoms with Crippen molar-refractivity contribution in [3.05, 3.63) is 100.0 Å². The first-order valence-electron chi connectivity index (χ1n) is 8.17. The molecule has 0 saturated heterocycles. The lowest BCUT2D eigenvalue weighted by Crippen LogP contribution is -2.08. The highest BCUT2D eigenvalue weighted by molar-refractivity contribution is 9.10. The molecule has 0 bridgehead atoms. The first-order valence-corrected chi connectivity index (χ1v) is 9.34. The quantitative estimate of drug-likeness (QED) is 0.311. The van der Waals surface area contributed by atoms with Crippen molar-refractivity contribution in [1.29, 1.82) is 0 Å². The van der Waals surface area contributed by atoms with E-state index in [4.69, 9.17) is 16.3 Å². The number of carbonyl (C=O) groups excluding carboxylic acids is 2. The number of hydrogen-bond donors (Lipinski definition) is 1. The van der Waals surface area contributed by atoms with Gasteiger partial charge in [-0.3, -0.25) is 14.6 Å². The van der Waals surface area contributed by atoms with E-state index in [1.54, 1.807) is 67.0 Å². The molecule has 140 valence electrons. The Bertz CT molecular complexity index is 1020. The number of rotatable bonds is 6. The average molecular weight is 458 g/mol. The van der Waals surface area contributed by atoms with Crippen LogP contribution in [0.5, 0.6) is 5.75 Å². The van der Waals surface area contributed by atoms with Gasteiger partial charge in [0.1, 0.15) is 5.75 Å². The maximum absolute atomic E-state index is 12.6. The monoisotopic (exact) mass is 456 g/mol. The molecular weight excluding hydrogens is 444 g/mol. The zero-order valence-electron chi connectivity index (χ0n) is 14.4. The molecule has 0 aliphatic heterocycles.